The number of para-hydroxylation sites is 2. The quantitative estimate of drug-likeness (QED) is 0.830. The van der Waals surface area contributed by atoms with E-state index in [1.54, 1.807) is 0 Å². The molecule has 1 amide bonds. The van der Waals surface area contributed by atoms with E-state index < -0.39 is 0 Å². The van der Waals surface area contributed by atoms with Crippen molar-refractivity contribution in [2.45, 2.75) is 57.1 Å². The summed E-state index contributed by atoms with van der Waals surface area (Å²) in [6.45, 7) is 9.91. The third-order valence-electron chi connectivity index (χ3n) is 6.57. The number of carbonyl (C=O) groups excluding carboxylic acids is 1. The molecule has 0 unspecified atom stereocenters. The Hall–Kier alpha value is -2.06. The van der Waals surface area contributed by atoms with Crippen LogP contribution in [0.4, 0.5) is 11.4 Å². The normalized spacial score (nSPS) is 32.1. The highest BCUT2D eigenvalue weighted by atomic mass is 16.3. The molecule has 0 radical (unpaired) electrons. The van der Waals surface area contributed by atoms with E-state index in [1.807, 2.05) is 24.3 Å². The van der Waals surface area contributed by atoms with Crippen LogP contribution in [0.2, 0.25) is 0 Å². The molecular formula is C21H27N3O2. The molecule has 1 aromatic carbocycles. The van der Waals surface area contributed by atoms with Crippen LogP contribution in [0, 0.1) is 12.0 Å². The van der Waals surface area contributed by atoms with Gasteiger partial charge < -0.3 is 14.9 Å². The Bertz CT molecular complexity index is 720. The second-order valence-electron chi connectivity index (χ2n) is 8.12. The summed E-state index contributed by atoms with van der Waals surface area (Å²) in [6.07, 6.45) is 6.15. The minimum Gasteiger partial charge on any atom is -0.393 e. The Morgan fingerprint density at radius 3 is 2.65 bits per heavy atom. The lowest BCUT2D eigenvalue weighted by Gasteiger charge is -2.41. The van der Waals surface area contributed by atoms with Gasteiger partial charge in [-0.25, -0.2) is 4.85 Å². The summed E-state index contributed by atoms with van der Waals surface area (Å²) < 4.78 is 0. The zero-order chi connectivity index (χ0) is 18.1. The van der Waals surface area contributed by atoms with Crippen molar-refractivity contribution in [3.63, 3.8) is 0 Å². The summed E-state index contributed by atoms with van der Waals surface area (Å²) in [4.78, 5) is 21.4. The van der Waals surface area contributed by atoms with E-state index in [1.165, 1.54) is 0 Å². The van der Waals surface area contributed by atoms with Gasteiger partial charge in [0.15, 0.2) is 0 Å². The number of carbonyl (C=O) groups is 1. The third-order valence-corrected chi connectivity index (χ3v) is 6.57. The molecule has 1 aliphatic carbocycles. The van der Waals surface area contributed by atoms with Crippen LogP contribution in [-0.2, 0) is 4.79 Å². The Kier molecular flexibility index (Phi) is 4.62. The topological polar surface area (TPSA) is 48.1 Å². The number of nitrogens with zero attached hydrogens (tertiary/aromatic N) is 3. The van der Waals surface area contributed by atoms with Crippen LogP contribution in [-0.4, -0.2) is 47.7 Å². The van der Waals surface area contributed by atoms with Gasteiger partial charge >= 0.3 is 0 Å². The molecule has 0 aromatic heterocycles. The highest BCUT2D eigenvalue weighted by Crippen LogP contribution is 2.44. The molecule has 1 atom stereocenters. The van der Waals surface area contributed by atoms with E-state index in [-0.39, 0.29) is 11.5 Å². The van der Waals surface area contributed by atoms with Gasteiger partial charge in [0.25, 0.3) is 0 Å². The lowest BCUT2D eigenvalue weighted by Crippen LogP contribution is -2.50. The summed E-state index contributed by atoms with van der Waals surface area (Å²) in [6, 6.07) is 8.04. The van der Waals surface area contributed by atoms with Crippen molar-refractivity contribution in [1.82, 2.24) is 4.90 Å². The molecule has 1 spiro atoms. The maximum absolute atomic E-state index is 13.4. The fraction of sp³-hybridized carbons (Fsp3) is 0.619. The zero-order valence-electron chi connectivity index (χ0n) is 15.2. The summed E-state index contributed by atoms with van der Waals surface area (Å²) >= 11 is 0. The number of benzene rings is 1. The first-order valence-corrected chi connectivity index (χ1v) is 9.83. The first kappa shape index (κ1) is 17.4. The molecule has 1 aromatic rings. The van der Waals surface area contributed by atoms with Gasteiger partial charge in [0, 0.05) is 31.4 Å². The summed E-state index contributed by atoms with van der Waals surface area (Å²) in [7, 11) is 0. The van der Waals surface area contributed by atoms with Gasteiger partial charge in [0.05, 0.1) is 18.1 Å². The van der Waals surface area contributed by atoms with E-state index in [0.29, 0.717) is 17.6 Å². The molecule has 26 heavy (non-hydrogen) atoms. The van der Waals surface area contributed by atoms with Crippen molar-refractivity contribution >= 4 is 17.3 Å². The van der Waals surface area contributed by atoms with Crippen LogP contribution >= 0.6 is 0 Å². The minimum atomic E-state index is -0.288. The van der Waals surface area contributed by atoms with Crippen LogP contribution < -0.4 is 4.90 Å². The lowest BCUT2D eigenvalue weighted by atomic mass is 9.78. The fourth-order valence-corrected chi connectivity index (χ4v) is 5.11. The molecule has 1 N–H and O–H groups in total. The maximum atomic E-state index is 13.4. The van der Waals surface area contributed by atoms with E-state index in [0.717, 1.165) is 70.3 Å². The molecule has 3 aliphatic rings. The van der Waals surface area contributed by atoms with E-state index in [9.17, 15) is 9.90 Å². The maximum Gasteiger partial charge on any atom is 0.230 e. The van der Waals surface area contributed by atoms with Crippen LogP contribution in [0.25, 0.3) is 4.85 Å². The Morgan fingerprint density at radius 2 is 1.88 bits per heavy atom. The van der Waals surface area contributed by atoms with Gasteiger partial charge in [0.1, 0.15) is 0 Å². The number of aliphatic hydroxyl groups excluding tert-OH is 1. The van der Waals surface area contributed by atoms with Crippen LogP contribution in [0.5, 0.6) is 0 Å². The third kappa shape index (κ3) is 2.97. The Labute approximate surface area is 155 Å². The number of amides is 1. The number of aliphatic hydroxyl groups is 1. The fourth-order valence-electron chi connectivity index (χ4n) is 5.11. The molecule has 0 bridgehead atoms. The van der Waals surface area contributed by atoms with Gasteiger partial charge in [-0.2, -0.15) is 0 Å². The number of likely N-dealkylation sites (tertiary alicyclic amines) is 1. The summed E-state index contributed by atoms with van der Waals surface area (Å²) in [5, 5.41) is 9.75. The number of rotatable bonds is 2. The molecule has 2 aliphatic heterocycles. The molecule has 4 rings (SSSR count). The average molecular weight is 353 g/mol. The van der Waals surface area contributed by atoms with Gasteiger partial charge in [0.2, 0.25) is 11.6 Å². The van der Waals surface area contributed by atoms with Crippen molar-refractivity contribution in [1.29, 1.82) is 0 Å². The van der Waals surface area contributed by atoms with E-state index in [4.69, 9.17) is 6.57 Å². The van der Waals surface area contributed by atoms with Crippen molar-refractivity contribution in [2.75, 3.05) is 24.5 Å². The molecule has 138 valence electrons. The van der Waals surface area contributed by atoms with Crippen LogP contribution in [0.1, 0.15) is 44.9 Å². The Morgan fingerprint density at radius 1 is 1.12 bits per heavy atom. The monoisotopic (exact) mass is 353 g/mol. The number of anilines is 1. The zero-order valence-corrected chi connectivity index (χ0v) is 15.2. The average Bonchev–Trinajstić information content (AvgIpc) is 2.98. The van der Waals surface area contributed by atoms with Crippen molar-refractivity contribution < 1.29 is 9.90 Å². The van der Waals surface area contributed by atoms with Gasteiger partial charge in [-0.05, 0) is 51.0 Å². The second kappa shape index (κ2) is 6.92. The number of hydrogen-bond acceptors (Lipinski definition) is 3. The molecular weight excluding hydrogens is 326 g/mol. The SMILES string of the molecule is [C-]#[N+]c1ccccc1N1CCC[C@@]2(CCN(C3CCC(O)CC3)C2=O)C1. The summed E-state index contributed by atoms with van der Waals surface area (Å²) in [5.74, 6) is 0.309. The smallest absolute Gasteiger partial charge is 0.230 e. The lowest BCUT2D eigenvalue weighted by molar-refractivity contribution is -0.139. The first-order chi connectivity index (χ1) is 12.6. The molecule has 3 fully saturated rings. The van der Waals surface area contributed by atoms with Crippen molar-refractivity contribution in [3.8, 4) is 0 Å². The number of piperidine rings is 1. The highest BCUT2D eigenvalue weighted by molar-refractivity contribution is 5.86. The number of hydrogen-bond donors (Lipinski definition) is 1. The summed E-state index contributed by atoms with van der Waals surface area (Å²) in [5.41, 5.74) is 1.35. The van der Waals surface area contributed by atoms with Gasteiger partial charge in [-0.15, -0.1) is 0 Å². The molecule has 5 nitrogen and oxygen atoms in total. The predicted octanol–water partition coefficient (Wildman–Crippen LogP) is 3.36. The largest absolute Gasteiger partial charge is 0.393 e. The first-order valence-electron chi connectivity index (χ1n) is 9.83. The van der Waals surface area contributed by atoms with E-state index in [2.05, 4.69) is 14.6 Å². The van der Waals surface area contributed by atoms with Gasteiger partial charge in [-0.1, -0.05) is 18.2 Å². The van der Waals surface area contributed by atoms with Crippen LogP contribution in [0.3, 0.4) is 0 Å². The van der Waals surface area contributed by atoms with Gasteiger partial charge in [-0.3, -0.25) is 4.79 Å². The molecule has 1 saturated carbocycles. The molecule has 2 saturated heterocycles. The molecule has 2 heterocycles. The second-order valence-corrected chi connectivity index (χ2v) is 8.12. The standard InChI is InChI=1S/C21H27N3O2/c1-22-18-5-2-3-6-19(18)23-13-4-11-21(15-23)12-14-24(20(21)26)16-7-9-17(25)10-8-16/h2-3,5-6,16-17,25H,4,7-15H2/t16?,17?,21-/m1/s1. The molecule has 5 heteroatoms. The Balaban J connectivity index is 1.52. The van der Waals surface area contributed by atoms with Crippen molar-refractivity contribution in [3.05, 3.63) is 35.7 Å². The highest BCUT2D eigenvalue weighted by Gasteiger charge is 2.50. The predicted molar refractivity (Wildman–Crippen MR) is 101 cm³/mol. The van der Waals surface area contributed by atoms with E-state index >= 15 is 0 Å². The van der Waals surface area contributed by atoms with Crippen molar-refractivity contribution in [2.24, 2.45) is 5.41 Å². The van der Waals surface area contributed by atoms with Crippen LogP contribution in [0.15, 0.2) is 24.3 Å². The minimum absolute atomic E-state index is 0.187.